The number of hydrogen-bond donors (Lipinski definition) is 1. The lowest BCUT2D eigenvalue weighted by molar-refractivity contribution is 0.834. The second-order valence-electron chi connectivity index (χ2n) is 2.81. The largest absolute Gasteiger partial charge is 0.384 e. The van der Waals surface area contributed by atoms with Crippen LogP contribution in [0.2, 0.25) is 0 Å². The molecule has 0 aromatic heterocycles. The summed E-state index contributed by atoms with van der Waals surface area (Å²) in [6.45, 7) is 6.34. The van der Waals surface area contributed by atoms with Crippen LogP contribution in [0.1, 0.15) is 46.5 Å². The van der Waals surface area contributed by atoms with E-state index in [2.05, 4.69) is 25.8 Å². The van der Waals surface area contributed by atoms with Gasteiger partial charge in [-0.25, -0.2) is 4.99 Å². The van der Waals surface area contributed by atoms with Crippen LogP contribution in [0.15, 0.2) is 16.4 Å². The molecule has 0 spiro atoms. The van der Waals surface area contributed by atoms with Gasteiger partial charge in [0.05, 0.1) is 0 Å². The van der Waals surface area contributed by atoms with E-state index in [9.17, 15) is 0 Å². The average Bonchev–Trinajstić information content (AvgIpc) is 2.10. The Balaban J connectivity index is 4.26. The molecule has 0 aromatic rings. The van der Waals surface area contributed by atoms with Crippen molar-refractivity contribution in [1.29, 1.82) is 0 Å². The molecule has 0 saturated carbocycles. The van der Waals surface area contributed by atoms with Crippen molar-refractivity contribution in [3.05, 3.63) is 11.4 Å². The topological polar surface area (TPSA) is 38.4 Å². The van der Waals surface area contributed by atoms with Crippen molar-refractivity contribution in [2.45, 2.75) is 46.5 Å². The molecule has 2 nitrogen and oxygen atoms in total. The van der Waals surface area contributed by atoms with Crippen LogP contribution < -0.4 is 5.73 Å². The zero-order chi connectivity index (χ0) is 9.40. The van der Waals surface area contributed by atoms with Crippen LogP contribution in [0.3, 0.4) is 0 Å². The molecule has 2 heteroatoms. The van der Waals surface area contributed by atoms with Gasteiger partial charge in [0.15, 0.2) is 0 Å². The van der Waals surface area contributed by atoms with Gasteiger partial charge in [0.2, 0.25) is 0 Å². The molecule has 0 atom stereocenters. The molecule has 2 N–H and O–H groups in total. The minimum absolute atomic E-state index is 0.723. The third kappa shape index (κ3) is 4.16. The Labute approximate surface area is 75.6 Å². The molecule has 0 bridgehead atoms. The number of aliphatic imine (C=N–C) groups is 1. The van der Waals surface area contributed by atoms with Crippen LogP contribution in [-0.2, 0) is 0 Å². The normalized spacial score (nSPS) is 13.6. The minimum Gasteiger partial charge on any atom is -0.384 e. The third-order valence-electron chi connectivity index (χ3n) is 1.75. The molecular weight excluding hydrogens is 148 g/mol. The molecule has 0 aliphatic heterocycles. The molecule has 12 heavy (non-hydrogen) atoms. The standard InChI is InChI=1S/C10H20N2/c1-4-7-9(6-3)10(11)12-8-5-2/h8H,4-7,11H2,1-3H3. The third-order valence-corrected chi connectivity index (χ3v) is 1.75. The molecule has 0 fully saturated rings. The second kappa shape index (κ2) is 6.89. The Morgan fingerprint density at radius 2 is 2.00 bits per heavy atom. The molecule has 0 rings (SSSR count). The molecule has 0 saturated heterocycles. The van der Waals surface area contributed by atoms with Crippen LogP contribution in [0, 0.1) is 0 Å². The molecule has 0 aliphatic carbocycles. The summed E-state index contributed by atoms with van der Waals surface area (Å²) in [7, 11) is 0. The molecule has 0 aromatic carbocycles. The van der Waals surface area contributed by atoms with E-state index >= 15 is 0 Å². The number of hydrogen-bond acceptors (Lipinski definition) is 2. The highest BCUT2D eigenvalue weighted by atomic mass is 14.9. The zero-order valence-corrected chi connectivity index (χ0v) is 8.43. The molecular formula is C10H20N2. The van der Waals surface area contributed by atoms with Crippen molar-refractivity contribution in [2.75, 3.05) is 0 Å². The number of rotatable bonds is 5. The predicted molar refractivity (Wildman–Crippen MR) is 55.2 cm³/mol. The summed E-state index contributed by atoms with van der Waals surface area (Å²) in [5, 5.41) is 0. The maximum atomic E-state index is 5.78. The van der Waals surface area contributed by atoms with Gasteiger partial charge in [0.25, 0.3) is 0 Å². The van der Waals surface area contributed by atoms with E-state index < -0.39 is 0 Å². The fourth-order valence-electron chi connectivity index (χ4n) is 1.07. The molecule has 0 radical (unpaired) electrons. The summed E-state index contributed by atoms with van der Waals surface area (Å²) >= 11 is 0. The van der Waals surface area contributed by atoms with Gasteiger partial charge in [0, 0.05) is 6.21 Å². The average molecular weight is 168 g/mol. The fourth-order valence-corrected chi connectivity index (χ4v) is 1.07. The molecule has 0 aliphatic rings. The van der Waals surface area contributed by atoms with E-state index in [4.69, 9.17) is 5.73 Å². The summed E-state index contributed by atoms with van der Waals surface area (Å²) in [6.07, 6.45) is 6.04. The van der Waals surface area contributed by atoms with Crippen molar-refractivity contribution < 1.29 is 0 Å². The van der Waals surface area contributed by atoms with Crippen LogP contribution in [0.4, 0.5) is 0 Å². The van der Waals surface area contributed by atoms with Gasteiger partial charge in [-0.1, -0.05) is 27.2 Å². The summed E-state index contributed by atoms with van der Waals surface area (Å²) in [5.41, 5.74) is 7.06. The van der Waals surface area contributed by atoms with Crippen molar-refractivity contribution >= 4 is 6.21 Å². The Morgan fingerprint density at radius 3 is 2.42 bits per heavy atom. The van der Waals surface area contributed by atoms with Crippen molar-refractivity contribution in [3.63, 3.8) is 0 Å². The van der Waals surface area contributed by atoms with E-state index in [0.717, 1.165) is 31.5 Å². The number of nitrogens with two attached hydrogens (primary N) is 1. The van der Waals surface area contributed by atoms with E-state index in [1.54, 1.807) is 0 Å². The summed E-state index contributed by atoms with van der Waals surface area (Å²) in [6, 6.07) is 0. The maximum Gasteiger partial charge on any atom is 0.122 e. The van der Waals surface area contributed by atoms with Gasteiger partial charge < -0.3 is 5.73 Å². The maximum absolute atomic E-state index is 5.78. The first kappa shape index (κ1) is 11.2. The lowest BCUT2D eigenvalue weighted by Crippen LogP contribution is -2.00. The molecule has 70 valence electrons. The second-order valence-corrected chi connectivity index (χ2v) is 2.81. The highest BCUT2D eigenvalue weighted by Crippen LogP contribution is 2.12. The Kier molecular flexibility index (Phi) is 6.44. The Bertz CT molecular complexity index is 169. The first-order valence-corrected chi connectivity index (χ1v) is 4.76. The van der Waals surface area contributed by atoms with Crippen molar-refractivity contribution in [1.82, 2.24) is 0 Å². The van der Waals surface area contributed by atoms with Crippen LogP contribution in [0.5, 0.6) is 0 Å². The summed E-state index contributed by atoms with van der Waals surface area (Å²) in [5.74, 6) is 0.723. The van der Waals surface area contributed by atoms with E-state index in [0.29, 0.717) is 0 Å². The monoisotopic (exact) mass is 168 g/mol. The SMILES string of the molecule is CCC=NC(N)=C(CC)CCC. The lowest BCUT2D eigenvalue weighted by Gasteiger charge is -2.03. The minimum atomic E-state index is 0.723. The molecule has 0 amide bonds. The van der Waals surface area contributed by atoms with Crippen LogP contribution >= 0.6 is 0 Å². The lowest BCUT2D eigenvalue weighted by atomic mass is 10.1. The van der Waals surface area contributed by atoms with Gasteiger partial charge in [-0.3, -0.25) is 0 Å². The smallest absolute Gasteiger partial charge is 0.122 e. The first-order chi connectivity index (χ1) is 5.76. The Hall–Kier alpha value is -0.790. The van der Waals surface area contributed by atoms with Gasteiger partial charge in [-0.15, -0.1) is 0 Å². The number of allylic oxidation sites excluding steroid dienone is 1. The van der Waals surface area contributed by atoms with E-state index in [-0.39, 0.29) is 0 Å². The van der Waals surface area contributed by atoms with E-state index in [1.807, 2.05) is 6.21 Å². The van der Waals surface area contributed by atoms with Crippen molar-refractivity contribution in [3.8, 4) is 0 Å². The van der Waals surface area contributed by atoms with Crippen molar-refractivity contribution in [2.24, 2.45) is 10.7 Å². The molecule has 0 unspecified atom stereocenters. The number of nitrogens with zero attached hydrogens (tertiary/aromatic N) is 1. The quantitative estimate of drug-likeness (QED) is 0.630. The van der Waals surface area contributed by atoms with Gasteiger partial charge in [-0.2, -0.15) is 0 Å². The van der Waals surface area contributed by atoms with Crippen LogP contribution in [0.25, 0.3) is 0 Å². The Morgan fingerprint density at radius 1 is 1.33 bits per heavy atom. The van der Waals surface area contributed by atoms with Gasteiger partial charge in [-0.05, 0) is 24.8 Å². The predicted octanol–water partition coefficient (Wildman–Crippen LogP) is 2.85. The summed E-state index contributed by atoms with van der Waals surface area (Å²) in [4.78, 5) is 4.16. The van der Waals surface area contributed by atoms with Gasteiger partial charge in [0.1, 0.15) is 5.82 Å². The highest BCUT2D eigenvalue weighted by Gasteiger charge is 1.97. The summed E-state index contributed by atoms with van der Waals surface area (Å²) < 4.78 is 0. The van der Waals surface area contributed by atoms with Gasteiger partial charge >= 0.3 is 0 Å². The zero-order valence-electron chi connectivity index (χ0n) is 8.43. The van der Waals surface area contributed by atoms with Crippen LogP contribution in [-0.4, -0.2) is 6.21 Å². The fraction of sp³-hybridized carbons (Fsp3) is 0.700. The van der Waals surface area contributed by atoms with E-state index in [1.165, 1.54) is 5.57 Å². The molecule has 0 heterocycles. The highest BCUT2D eigenvalue weighted by molar-refractivity contribution is 5.58. The first-order valence-electron chi connectivity index (χ1n) is 4.76.